The van der Waals surface area contributed by atoms with Crippen LogP contribution in [0.2, 0.25) is 0 Å². The van der Waals surface area contributed by atoms with E-state index in [0.29, 0.717) is 5.56 Å². The Morgan fingerprint density at radius 1 is 1.33 bits per heavy atom. The van der Waals surface area contributed by atoms with Crippen LogP contribution in [0, 0.1) is 6.92 Å². The second-order valence-electron chi connectivity index (χ2n) is 7.82. The predicted molar refractivity (Wildman–Crippen MR) is 121 cm³/mol. The molecule has 0 bridgehead atoms. The van der Waals surface area contributed by atoms with Gasteiger partial charge in [-0.05, 0) is 31.9 Å². The maximum atomic E-state index is 12.9. The Balaban J connectivity index is 0.00000256. The number of nitrogens with zero attached hydrogens (tertiary/aromatic N) is 5. The van der Waals surface area contributed by atoms with Crippen molar-refractivity contribution in [2.24, 2.45) is 5.73 Å². The second-order valence-corrected chi connectivity index (χ2v) is 7.82. The molecule has 0 spiro atoms. The molecule has 1 amide bonds. The van der Waals surface area contributed by atoms with Crippen LogP contribution in [0.25, 0.3) is 5.65 Å². The molecule has 3 aromatic rings. The quantitative estimate of drug-likeness (QED) is 0.674. The minimum Gasteiger partial charge on any atom is -0.355 e. The van der Waals surface area contributed by atoms with Gasteiger partial charge in [0, 0.05) is 49.6 Å². The summed E-state index contributed by atoms with van der Waals surface area (Å²) in [5.41, 5.74) is 9.46. The number of anilines is 1. The fourth-order valence-electron chi connectivity index (χ4n) is 4.09. The van der Waals surface area contributed by atoms with E-state index in [1.165, 1.54) is 0 Å². The molecule has 1 fully saturated rings. The number of nitrogens with two attached hydrogens (primary N) is 1. The van der Waals surface area contributed by atoms with Crippen molar-refractivity contribution in [3.05, 3.63) is 59.4 Å². The summed E-state index contributed by atoms with van der Waals surface area (Å²) in [7, 11) is 1.84. The molecule has 0 radical (unpaired) electrons. The van der Waals surface area contributed by atoms with Crippen molar-refractivity contribution in [3.63, 3.8) is 0 Å². The van der Waals surface area contributed by atoms with Gasteiger partial charge in [0.25, 0.3) is 5.91 Å². The monoisotopic (exact) mass is 428 g/mol. The molecular weight excluding hydrogens is 400 g/mol. The molecule has 2 aromatic heterocycles. The first kappa shape index (κ1) is 22.1. The van der Waals surface area contributed by atoms with E-state index in [4.69, 9.17) is 15.8 Å². The smallest absolute Gasteiger partial charge is 0.254 e. The highest BCUT2D eigenvalue weighted by molar-refractivity contribution is 5.94. The molecule has 2 N–H and O–H groups in total. The van der Waals surface area contributed by atoms with Crippen LogP contribution in [0.3, 0.4) is 0 Å². The first-order chi connectivity index (χ1) is 14.0. The van der Waals surface area contributed by atoms with E-state index in [9.17, 15) is 4.79 Å². The van der Waals surface area contributed by atoms with Crippen molar-refractivity contribution in [2.75, 3.05) is 25.0 Å². The topological polar surface area (TPSA) is 79.8 Å². The average molecular weight is 429 g/mol. The van der Waals surface area contributed by atoms with Gasteiger partial charge in [0.05, 0.1) is 11.7 Å². The highest BCUT2D eigenvalue weighted by atomic mass is 35.5. The van der Waals surface area contributed by atoms with E-state index >= 15 is 0 Å². The van der Waals surface area contributed by atoms with Gasteiger partial charge in [-0.1, -0.05) is 25.1 Å². The number of fused-ring (bicyclic) bond motifs is 1. The van der Waals surface area contributed by atoms with E-state index in [-0.39, 0.29) is 30.4 Å². The molecule has 4 rings (SSSR count). The van der Waals surface area contributed by atoms with Crippen LogP contribution in [0.5, 0.6) is 0 Å². The van der Waals surface area contributed by atoms with Gasteiger partial charge in [-0.3, -0.25) is 4.79 Å². The van der Waals surface area contributed by atoms with Crippen molar-refractivity contribution in [3.8, 4) is 0 Å². The number of hydrogen-bond donors (Lipinski definition) is 1. The molecule has 160 valence electrons. The van der Waals surface area contributed by atoms with Gasteiger partial charge in [-0.15, -0.1) is 12.4 Å². The summed E-state index contributed by atoms with van der Waals surface area (Å²) in [5, 5.41) is 4.74. The molecule has 0 unspecified atom stereocenters. The van der Waals surface area contributed by atoms with E-state index in [1.807, 2.05) is 54.2 Å². The van der Waals surface area contributed by atoms with Gasteiger partial charge in [0.2, 0.25) is 0 Å². The Kier molecular flexibility index (Phi) is 6.63. The van der Waals surface area contributed by atoms with Crippen LogP contribution in [0.15, 0.2) is 42.6 Å². The molecule has 1 aliphatic heterocycles. The first-order valence-electron chi connectivity index (χ1n) is 10.2. The van der Waals surface area contributed by atoms with Crippen molar-refractivity contribution in [1.29, 1.82) is 0 Å². The Labute approximate surface area is 183 Å². The number of amides is 1. The third-order valence-electron chi connectivity index (χ3n) is 5.68. The number of carbonyl (C=O) groups excluding carboxylic acids is 1. The largest absolute Gasteiger partial charge is 0.355 e. The van der Waals surface area contributed by atoms with Crippen LogP contribution in [0.1, 0.15) is 47.4 Å². The molecule has 2 atom stereocenters. The van der Waals surface area contributed by atoms with Gasteiger partial charge in [-0.2, -0.15) is 5.10 Å². The highest BCUT2D eigenvalue weighted by Gasteiger charge is 2.25. The number of aryl methyl sites for hydroxylation is 1. The van der Waals surface area contributed by atoms with E-state index in [1.54, 1.807) is 4.90 Å². The number of halogens is 1. The van der Waals surface area contributed by atoms with Gasteiger partial charge in [0.1, 0.15) is 5.82 Å². The summed E-state index contributed by atoms with van der Waals surface area (Å²) in [6.07, 6.45) is 3.77. The summed E-state index contributed by atoms with van der Waals surface area (Å²) >= 11 is 0. The van der Waals surface area contributed by atoms with Gasteiger partial charge in [-0.25, -0.2) is 9.50 Å². The van der Waals surface area contributed by atoms with Crippen LogP contribution in [0.4, 0.5) is 5.82 Å². The zero-order valence-corrected chi connectivity index (χ0v) is 18.5. The van der Waals surface area contributed by atoms with Gasteiger partial charge >= 0.3 is 0 Å². The van der Waals surface area contributed by atoms with E-state index < -0.39 is 0 Å². The summed E-state index contributed by atoms with van der Waals surface area (Å²) in [5.74, 6) is 0.962. The second kappa shape index (κ2) is 9.02. The average Bonchev–Trinajstić information content (AvgIpc) is 3.33. The van der Waals surface area contributed by atoms with Crippen molar-refractivity contribution in [1.82, 2.24) is 19.5 Å². The van der Waals surface area contributed by atoms with Crippen LogP contribution < -0.4 is 10.6 Å². The zero-order chi connectivity index (χ0) is 20.5. The molecule has 1 aliphatic rings. The molecule has 7 nitrogen and oxygen atoms in total. The predicted octanol–water partition coefficient (Wildman–Crippen LogP) is 3.22. The number of benzene rings is 1. The minimum atomic E-state index is -0.117. The Hall–Kier alpha value is -2.64. The third-order valence-corrected chi connectivity index (χ3v) is 5.68. The van der Waals surface area contributed by atoms with E-state index in [2.05, 4.69) is 18.7 Å². The number of aromatic nitrogens is 3. The molecule has 0 saturated carbocycles. The summed E-state index contributed by atoms with van der Waals surface area (Å²) in [4.78, 5) is 21.8. The lowest BCUT2D eigenvalue weighted by atomic mass is 10.1. The Morgan fingerprint density at radius 3 is 2.70 bits per heavy atom. The molecule has 3 heterocycles. The highest BCUT2D eigenvalue weighted by Crippen LogP contribution is 2.27. The first-order valence-corrected chi connectivity index (χ1v) is 10.2. The molecular formula is C22H29ClN6O. The fourth-order valence-corrected chi connectivity index (χ4v) is 4.09. The molecule has 0 aliphatic carbocycles. The van der Waals surface area contributed by atoms with Crippen LogP contribution in [-0.4, -0.2) is 51.6 Å². The number of carbonyl (C=O) groups is 1. The number of rotatable bonds is 5. The van der Waals surface area contributed by atoms with Gasteiger partial charge < -0.3 is 15.5 Å². The summed E-state index contributed by atoms with van der Waals surface area (Å²) in [6.45, 7) is 5.88. The van der Waals surface area contributed by atoms with Crippen LogP contribution >= 0.6 is 12.4 Å². The molecule has 1 saturated heterocycles. The van der Waals surface area contributed by atoms with E-state index in [0.717, 1.165) is 48.7 Å². The molecule has 1 aromatic carbocycles. The van der Waals surface area contributed by atoms with Crippen molar-refractivity contribution in [2.45, 2.75) is 38.8 Å². The lowest BCUT2D eigenvalue weighted by Gasteiger charge is -2.25. The lowest BCUT2D eigenvalue weighted by Crippen LogP contribution is -2.31. The Bertz CT molecular complexity index is 1020. The normalized spacial score (nSPS) is 17.1. The van der Waals surface area contributed by atoms with Crippen molar-refractivity contribution < 1.29 is 4.79 Å². The molecule has 8 heteroatoms. The SMILES string of the molecule is CC[C@@H](c1cc2nc(N3CC[C@H](N)C3)c(C)cn2n1)N(C)C(=O)c1ccccc1.Cl. The zero-order valence-electron chi connectivity index (χ0n) is 17.7. The van der Waals surface area contributed by atoms with Crippen molar-refractivity contribution >= 4 is 29.8 Å². The standard InChI is InChI=1S/C22H28N6O.ClH/c1-4-19(26(3)22(29)16-8-6-5-7-9-16)18-12-20-24-21(15(2)13-28(20)25-18)27-11-10-17(23)14-27;/h5-9,12-13,17,19H,4,10-11,14,23H2,1-3H3;1H/t17-,19-;/m0./s1. The maximum absolute atomic E-state index is 12.9. The minimum absolute atomic E-state index is 0. The lowest BCUT2D eigenvalue weighted by molar-refractivity contribution is 0.0722. The summed E-state index contributed by atoms with van der Waals surface area (Å²) < 4.78 is 1.81. The molecule has 30 heavy (non-hydrogen) atoms. The maximum Gasteiger partial charge on any atom is 0.254 e. The van der Waals surface area contributed by atoms with Crippen LogP contribution in [-0.2, 0) is 0 Å². The number of hydrogen-bond acceptors (Lipinski definition) is 5. The summed E-state index contributed by atoms with van der Waals surface area (Å²) in [6, 6.07) is 11.4. The fraction of sp³-hybridized carbons (Fsp3) is 0.409. The van der Waals surface area contributed by atoms with Gasteiger partial charge in [0.15, 0.2) is 5.65 Å². The Morgan fingerprint density at radius 2 is 2.07 bits per heavy atom. The third kappa shape index (κ3) is 4.13.